The van der Waals surface area contributed by atoms with Crippen molar-refractivity contribution in [2.45, 2.75) is 45.8 Å². The van der Waals surface area contributed by atoms with E-state index in [-0.39, 0.29) is 0 Å². The highest BCUT2D eigenvalue weighted by Gasteiger charge is 2.38. The van der Waals surface area contributed by atoms with E-state index in [0.29, 0.717) is 30.1 Å². The first-order valence-corrected chi connectivity index (χ1v) is 5.57. The SMILES string of the molecule is CCc1c(C(F)(F)F)nn(CC2CC2)c1C. The van der Waals surface area contributed by atoms with Crippen molar-refractivity contribution in [1.29, 1.82) is 0 Å². The zero-order chi connectivity index (χ0) is 11.9. The van der Waals surface area contributed by atoms with E-state index in [2.05, 4.69) is 5.10 Å². The monoisotopic (exact) mass is 232 g/mol. The lowest BCUT2D eigenvalue weighted by atomic mass is 10.1. The van der Waals surface area contributed by atoms with Gasteiger partial charge in [-0.3, -0.25) is 4.68 Å². The molecule has 1 saturated carbocycles. The van der Waals surface area contributed by atoms with Crippen LogP contribution in [-0.4, -0.2) is 9.78 Å². The Morgan fingerprint density at radius 1 is 1.38 bits per heavy atom. The minimum absolute atomic E-state index is 0.341. The second kappa shape index (κ2) is 3.79. The van der Waals surface area contributed by atoms with Crippen molar-refractivity contribution in [1.82, 2.24) is 9.78 Å². The topological polar surface area (TPSA) is 17.8 Å². The van der Waals surface area contributed by atoms with E-state index in [1.807, 2.05) is 0 Å². The smallest absolute Gasteiger partial charge is 0.269 e. The Morgan fingerprint density at radius 3 is 2.38 bits per heavy atom. The molecule has 0 radical (unpaired) electrons. The van der Waals surface area contributed by atoms with Crippen LogP contribution in [-0.2, 0) is 19.1 Å². The first kappa shape index (κ1) is 11.5. The summed E-state index contributed by atoms with van der Waals surface area (Å²) in [6.07, 6.45) is -1.72. The molecule has 0 atom stereocenters. The van der Waals surface area contributed by atoms with E-state index in [0.717, 1.165) is 12.8 Å². The fourth-order valence-corrected chi connectivity index (χ4v) is 1.96. The Bertz CT molecular complexity index is 389. The van der Waals surface area contributed by atoms with Crippen LogP contribution in [0.25, 0.3) is 0 Å². The second-order valence-corrected chi connectivity index (χ2v) is 4.39. The lowest BCUT2D eigenvalue weighted by Crippen LogP contribution is -2.10. The molecule has 0 aromatic carbocycles. The fraction of sp³-hybridized carbons (Fsp3) is 0.727. The molecule has 0 bridgehead atoms. The summed E-state index contributed by atoms with van der Waals surface area (Å²) < 4.78 is 39.6. The normalized spacial score (nSPS) is 16.8. The van der Waals surface area contributed by atoms with Crippen molar-refractivity contribution >= 4 is 0 Å². The molecule has 1 aliphatic rings. The van der Waals surface area contributed by atoms with E-state index < -0.39 is 11.9 Å². The molecular weight excluding hydrogens is 217 g/mol. The molecule has 2 nitrogen and oxygen atoms in total. The van der Waals surface area contributed by atoms with Gasteiger partial charge in [0.05, 0.1) is 0 Å². The third-order valence-corrected chi connectivity index (χ3v) is 3.08. The molecular formula is C11H15F3N2. The van der Waals surface area contributed by atoms with E-state index in [9.17, 15) is 13.2 Å². The van der Waals surface area contributed by atoms with Gasteiger partial charge in [0, 0.05) is 17.8 Å². The van der Waals surface area contributed by atoms with Crippen LogP contribution in [0.2, 0.25) is 0 Å². The van der Waals surface area contributed by atoms with Crippen molar-refractivity contribution in [3.8, 4) is 0 Å². The maximum Gasteiger partial charge on any atom is 0.435 e. The van der Waals surface area contributed by atoms with Gasteiger partial charge in [0.25, 0.3) is 0 Å². The lowest BCUT2D eigenvalue weighted by Gasteiger charge is -2.04. The largest absolute Gasteiger partial charge is 0.435 e. The summed E-state index contributed by atoms with van der Waals surface area (Å²) in [7, 11) is 0. The number of hydrogen-bond donors (Lipinski definition) is 0. The number of alkyl halides is 3. The summed E-state index contributed by atoms with van der Waals surface area (Å²) >= 11 is 0. The molecule has 0 unspecified atom stereocenters. The van der Waals surface area contributed by atoms with E-state index in [1.54, 1.807) is 13.8 Å². The Morgan fingerprint density at radius 2 is 2.00 bits per heavy atom. The molecule has 0 spiro atoms. The van der Waals surface area contributed by atoms with E-state index in [4.69, 9.17) is 0 Å². The summed E-state index contributed by atoms with van der Waals surface area (Å²) in [5, 5.41) is 3.72. The van der Waals surface area contributed by atoms with Gasteiger partial charge < -0.3 is 0 Å². The van der Waals surface area contributed by atoms with Gasteiger partial charge in [-0.2, -0.15) is 18.3 Å². The van der Waals surface area contributed by atoms with Gasteiger partial charge >= 0.3 is 6.18 Å². The zero-order valence-electron chi connectivity index (χ0n) is 9.43. The van der Waals surface area contributed by atoms with Crippen molar-refractivity contribution in [3.63, 3.8) is 0 Å². The fourth-order valence-electron chi connectivity index (χ4n) is 1.96. The molecule has 1 fully saturated rings. The number of halogens is 3. The van der Waals surface area contributed by atoms with Gasteiger partial charge in [0.1, 0.15) is 0 Å². The van der Waals surface area contributed by atoms with Crippen molar-refractivity contribution in [2.75, 3.05) is 0 Å². The van der Waals surface area contributed by atoms with Gasteiger partial charge in [-0.25, -0.2) is 0 Å². The summed E-state index contributed by atoms with van der Waals surface area (Å²) in [4.78, 5) is 0. The predicted molar refractivity (Wildman–Crippen MR) is 54.1 cm³/mol. The number of hydrogen-bond acceptors (Lipinski definition) is 1. The molecule has 0 amide bonds. The molecule has 0 saturated heterocycles. The number of aromatic nitrogens is 2. The molecule has 2 rings (SSSR count). The summed E-state index contributed by atoms with van der Waals surface area (Å²) in [5.41, 5.74) is 0.308. The standard InChI is InChI=1S/C11H15F3N2/c1-3-9-7(2)16(6-8-4-5-8)15-10(9)11(12,13)14/h8H,3-6H2,1-2H3. The molecule has 1 aliphatic carbocycles. The quantitative estimate of drug-likeness (QED) is 0.782. The van der Waals surface area contributed by atoms with Gasteiger partial charge in [-0.05, 0) is 32.1 Å². The summed E-state index contributed by atoms with van der Waals surface area (Å²) in [5.74, 6) is 0.532. The van der Waals surface area contributed by atoms with Crippen molar-refractivity contribution in [3.05, 3.63) is 17.0 Å². The molecule has 90 valence electrons. The van der Waals surface area contributed by atoms with Gasteiger partial charge in [0.2, 0.25) is 0 Å². The van der Waals surface area contributed by atoms with Gasteiger partial charge in [-0.15, -0.1) is 0 Å². The van der Waals surface area contributed by atoms with Crippen LogP contribution < -0.4 is 0 Å². The third kappa shape index (κ3) is 2.08. The molecule has 0 N–H and O–H groups in total. The summed E-state index contributed by atoms with van der Waals surface area (Å²) in [6.45, 7) is 4.10. The van der Waals surface area contributed by atoms with Crippen LogP contribution >= 0.6 is 0 Å². The number of rotatable bonds is 3. The minimum Gasteiger partial charge on any atom is -0.269 e. The van der Waals surface area contributed by atoms with Crippen LogP contribution in [0.5, 0.6) is 0 Å². The van der Waals surface area contributed by atoms with Gasteiger partial charge in [0.15, 0.2) is 5.69 Å². The van der Waals surface area contributed by atoms with E-state index in [1.165, 1.54) is 4.68 Å². The summed E-state index contributed by atoms with van der Waals surface area (Å²) in [6, 6.07) is 0. The average molecular weight is 232 g/mol. The van der Waals surface area contributed by atoms with Crippen LogP contribution in [0, 0.1) is 12.8 Å². The maximum atomic E-state index is 12.7. The predicted octanol–water partition coefficient (Wildman–Crippen LogP) is 3.18. The Balaban J connectivity index is 2.36. The van der Waals surface area contributed by atoms with Crippen molar-refractivity contribution < 1.29 is 13.2 Å². The molecule has 1 aromatic heterocycles. The molecule has 1 heterocycles. The average Bonchev–Trinajstić information content (AvgIpc) is 2.91. The highest BCUT2D eigenvalue weighted by molar-refractivity contribution is 5.27. The maximum absolute atomic E-state index is 12.7. The van der Waals surface area contributed by atoms with Crippen LogP contribution in [0.1, 0.15) is 36.7 Å². The Labute approximate surface area is 92.4 Å². The highest BCUT2D eigenvalue weighted by atomic mass is 19.4. The van der Waals surface area contributed by atoms with E-state index >= 15 is 0 Å². The number of nitrogens with zero attached hydrogens (tertiary/aromatic N) is 2. The minimum atomic E-state index is -4.33. The second-order valence-electron chi connectivity index (χ2n) is 4.39. The third-order valence-electron chi connectivity index (χ3n) is 3.08. The van der Waals surface area contributed by atoms with Crippen LogP contribution in [0.4, 0.5) is 13.2 Å². The highest BCUT2D eigenvalue weighted by Crippen LogP contribution is 2.35. The zero-order valence-corrected chi connectivity index (χ0v) is 9.43. The Hall–Kier alpha value is -1.00. The molecule has 16 heavy (non-hydrogen) atoms. The van der Waals surface area contributed by atoms with Crippen LogP contribution in [0.15, 0.2) is 0 Å². The van der Waals surface area contributed by atoms with Crippen molar-refractivity contribution in [2.24, 2.45) is 5.92 Å². The Kier molecular flexibility index (Phi) is 2.72. The molecule has 1 aromatic rings. The first-order valence-electron chi connectivity index (χ1n) is 5.57. The molecule has 0 aliphatic heterocycles. The molecule has 5 heteroatoms. The lowest BCUT2D eigenvalue weighted by molar-refractivity contribution is -0.142. The first-order chi connectivity index (χ1) is 7.43. The van der Waals surface area contributed by atoms with Gasteiger partial charge in [-0.1, -0.05) is 6.92 Å². The van der Waals surface area contributed by atoms with Crippen LogP contribution in [0.3, 0.4) is 0 Å².